The highest BCUT2D eigenvalue weighted by Crippen LogP contribution is 2.31. The number of methoxy groups -OCH3 is 1. The monoisotopic (exact) mass is 383 g/mol. The van der Waals surface area contributed by atoms with E-state index >= 15 is 0 Å². The highest BCUT2D eigenvalue weighted by Gasteiger charge is 2.20. The first-order valence-electron chi connectivity index (χ1n) is 6.73. The molecule has 124 valence electrons. The molecule has 1 aromatic heterocycles. The highest BCUT2D eigenvalue weighted by molar-refractivity contribution is 7.87. The molecule has 0 aliphatic rings. The third-order valence-electron chi connectivity index (χ3n) is 3.27. The number of halogens is 2. The maximum absolute atomic E-state index is 12.5. The van der Waals surface area contributed by atoms with Crippen LogP contribution >= 0.6 is 23.2 Å². The summed E-state index contributed by atoms with van der Waals surface area (Å²) < 4.78 is 35.4. The van der Waals surface area contributed by atoms with Crippen LogP contribution in [0.3, 0.4) is 0 Å². The van der Waals surface area contributed by atoms with Crippen molar-refractivity contribution in [3.63, 3.8) is 0 Å². The number of ether oxygens (including phenoxy) is 1. The fraction of sp³-hybridized carbons (Fsp3) is 0.0625. The average molecular weight is 384 g/mol. The lowest BCUT2D eigenvalue weighted by atomic mass is 10.2. The van der Waals surface area contributed by atoms with Gasteiger partial charge < -0.3 is 8.92 Å². The predicted molar refractivity (Wildman–Crippen MR) is 92.6 cm³/mol. The van der Waals surface area contributed by atoms with E-state index in [4.69, 9.17) is 32.1 Å². The second-order valence-electron chi connectivity index (χ2n) is 4.80. The molecule has 24 heavy (non-hydrogen) atoms. The number of benzene rings is 2. The van der Waals surface area contributed by atoms with Crippen LogP contribution in [0.25, 0.3) is 10.9 Å². The largest absolute Gasteiger partial charge is 0.495 e. The first-order valence-corrected chi connectivity index (χ1v) is 8.89. The molecule has 0 spiro atoms. The predicted octanol–water partition coefficient (Wildman–Crippen LogP) is 4.32. The Labute approximate surface area is 148 Å². The van der Waals surface area contributed by atoms with Gasteiger partial charge in [0.2, 0.25) is 0 Å². The lowest BCUT2D eigenvalue weighted by molar-refractivity contribution is 0.413. The Balaban J connectivity index is 2.06. The van der Waals surface area contributed by atoms with Crippen LogP contribution in [0.2, 0.25) is 10.0 Å². The Morgan fingerprint density at radius 2 is 1.79 bits per heavy atom. The van der Waals surface area contributed by atoms with Crippen molar-refractivity contribution < 1.29 is 17.3 Å². The number of aromatic nitrogens is 1. The quantitative estimate of drug-likeness (QED) is 0.627. The van der Waals surface area contributed by atoms with Crippen LogP contribution in [-0.4, -0.2) is 20.5 Å². The van der Waals surface area contributed by atoms with Gasteiger partial charge in [0.05, 0.1) is 17.6 Å². The zero-order valence-electron chi connectivity index (χ0n) is 12.4. The molecule has 0 saturated heterocycles. The minimum absolute atomic E-state index is 0.0734. The Hall–Kier alpha value is -2.02. The van der Waals surface area contributed by atoms with Gasteiger partial charge in [0, 0.05) is 28.7 Å². The second kappa shape index (κ2) is 6.47. The van der Waals surface area contributed by atoms with Crippen LogP contribution in [0.4, 0.5) is 0 Å². The Morgan fingerprint density at radius 3 is 2.54 bits per heavy atom. The normalized spacial score (nSPS) is 11.5. The van der Waals surface area contributed by atoms with E-state index in [9.17, 15) is 8.42 Å². The van der Waals surface area contributed by atoms with E-state index in [-0.39, 0.29) is 16.4 Å². The number of hydrogen-bond donors (Lipinski definition) is 0. The average Bonchev–Trinajstić information content (AvgIpc) is 2.55. The van der Waals surface area contributed by atoms with Crippen molar-refractivity contribution in [1.82, 2.24) is 4.98 Å². The fourth-order valence-corrected chi connectivity index (χ4v) is 3.46. The minimum atomic E-state index is -4.08. The van der Waals surface area contributed by atoms with Gasteiger partial charge in [-0.3, -0.25) is 4.98 Å². The molecular weight excluding hydrogens is 373 g/mol. The standard InChI is InChI=1S/C16H11Cl2NO4S/c1-22-16-9-11(3-4-13(16)18)24(20,21)23-15-6-7-19-14-5-2-10(17)8-12(14)15/h2-9H,1H3. The molecule has 0 aliphatic carbocycles. The van der Waals surface area contributed by atoms with Crippen molar-refractivity contribution in [3.8, 4) is 11.5 Å². The topological polar surface area (TPSA) is 65.5 Å². The van der Waals surface area contributed by atoms with Gasteiger partial charge in [-0.05, 0) is 30.3 Å². The van der Waals surface area contributed by atoms with Crippen molar-refractivity contribution in [3.05, 3.63) is 58.7 Å². The van der Waals surface area contributed by atoms with Crippen LogP contribution in [0, 0.1) is 0 Å². The molecule has 5 nitrogen and oxygen atoms in total. The molecule has 0 radical (unpaired) electrons. The third-order valence-corrected chi connectivity index (χ3v) is 5.05. The summed E-state index contributed by atoms with van der Waals surface area (Å²) in [6, 6.07) is 10.5. The lowest BCUT2D eigenvalue weighted by Crippen LogP contribution is -2.10. The molecule has 2 aromatic carbocycles. The minimum Gasteiger partial charge on any atom is -0.495 e. The van der Waals surface area contributed by atoms with Crippen LogP contribution in [0.1, 0.15) is 0 Å². The summed E-state index contributed by atoms with van der Waals surface area (Å²) in [5.74, 6) is 0.375. The molecular formula is C16H11Cl2NO4S. The second-order valence-corrected chi connectivity index (χ2v) is 7.19. The number of rotatable bonds is 4. The SMILES string of the molecule is COc1cc(S(=O)(=O)Oc2ccnc3ccc(Cl)cc23)ccc1Cl. The Bertz CT molecular complexity index is 1020. The van der Waals surface area contributed by atoms with Crippen molar-refractivity contribution in [2.45, 2.75) is 4.90 Å². The Kier molecular flexibility index (Phi) is 4.54. The van der Waals surface area contributed by atoms with Gasteiger partial charge in [0.25, 0.3) is 0 Å². The molecule has 0 N–H and O–H groups in total. The zero-order chi connectivity index (χ0) is 17.3. The first kappa shape index (κ1) is 16.8. The molecule has 8 heteroatoms. The summed E-state index contributed by atoms with van der Waals surface area (Å²) in [6.07, 6.45) is 1.46. The fourth-order valence-electron chi connectivity index (χ4n) is 2.13. The van der Waals surface area contributed by atoms with Crippen LogP contribution in [0.15, 0.2) is 53.6 Å². The number of pyridine rings is 1. The summed E-state index contributed by atoms with van der Waals surface area (Å²) in [6.45, 7) is 0. The van der Waals surface area contributed by atoms with Gasteiger partial charge in [0.15, 0.2) is 5.75 Å². The summed E-state index contributed by atoms with van der Waals surface area (Å²) in [5, 5.41) is 1.25. The van der Waals surface area contributed by atoms with Crippen LogP contribution < -0.4 is 8.92 Å². The van der Waals surface area contributed by atoms with Gasteiger partial charge in [-0.15, -0.1) is 0 Å². The Morgan fingerprint density at radius 1 is 1.00 bits per heavy atom. The maximum atomic E-state index is 12.5. The van der Waals surface area contributed by atoms with E-state index in [0.29, 0.717) is 20.9 Å². The highest BCUT2D eigenvalue weighted by atomic mass is 35.5. The molecule has 3 aromatic rings. The molecule has 0 atom stereocenters. The molecule has 0 unspecified atom stereocenters. The molecule has 0 bridgehead atoms. The van der Waals surface area contributed by atoms with Crippen LogP contribution in [0.5, 0.6) is 11.5 Å². The van der Waals surface area contributed by atoms with E-state index in [2.05, 4.69) is 4.98 Å². The van der Waals surface area contributed by atoms with Gasteiger partial charge in [-0.2, -0.15) is 8.42 Å². The van der Waals surface area contributed by atoms with Crippen molar-refractivity contribution >= 4 is 44.2 Å². The van der Waals surface area contributed by atoms with Gasteiger partial charge in [-0.25, -0.2) is 0 Å². The van der Waals surface area contributed by atoms with E-state index in [0.717, 1.165) is 0 Å². The lowest BCUT2D eigenvalue weighted by Gasteiger charge is -2.11. The zero-order valence-corrected chi connectivity index (χ0v) is 14.7. The molecule has 0 fully saturated rings. The van der Waals surface area contributed by atoms with Crippen molar-refractivity contribution in [2.24, 2.45) is 0 Å². The van der Waals surface area contributed by atoms with E-state index < -0.39 is 10.1 Å². The number of fused-ring (bicyclic) bond motifs is 1. The first-order chi connectivity index (χ1) is 11.4. The molecule has 0 aliphatic heterocycles. The molecule has 0 amide bonds. The van der Waals surface area contributed by atoms with E-state index in [1.807, 2.05) is 0 Å². The van der Waals surface area contributed by atoms with E-state index in [1.54, 1.807) is 18.2 Å². The van der Waals surface area contributed by atoms with Gasteiger partial charge in [0.1, 0.15) is 10.6 Å². The smallest absolute Gasteiger partial charge is 0.339 e. The summed E-state index contributed by atoms with van der Waals surface area (Å²) in [4.78, 5) is 4.08. The maximum Gasteiger partial charge on any atom is 0.339 e. The number of hydrogen-bond acceptors (Lipinski definition) is 5. The van der Waals surface area contributed by atoms with Gasteiger partial charge in [-0.1, -0.05) is 23.2 Å². The van der Waals surface area contributed by atoms with Crippen molar-refractivity contribution in [2.75, 3.05) is 7.11 Å². The van der Waals surface area contributed by atoms with Gasteiger partial charge >= 0.3 is 10.1 Å². The summed E-state index contributed by atoms with van der Waals surface area (Å²) in [7, 11) is -2.68. The summed E-state index contributed by atoms with van der Waals surface area (Å²) in [5.41, 5.74) is 0.570. The molecule has 1 heterocycles. The molecule has 3 rings (SSSR count). The van der Waals surface area contributed by atoms with Crippen LogP contribution in [-0.2, 0) is 10.1 Å². The van der Waals surface area contributed by atoms with E-state index in [1.165, 1.54) is 37.6 Å². The summed E-state index contributed by atoms with van der Waals surface area (Å²) >= 11 is 11.9. The van der Waals surface area contributed by atoms with Crippen molar-refractivity contribution in [1.29, 1.82) is 0 Å². The third kappa shape index (κ3) is 3.26. The molecule has 0 saturated carbocycles. The number of nitrogens with zero attached hydrogens (tertiary/aromatic N) is 1.